The fraction of sp³-hybridized carbons (Fsp3) is 0.100. The molecule has 2 heterocycles. The maximum Gasteiger partial charge on any atom is 0.367 e. The minimum atomic E-state index is -0.528. The lowest BCUT2D eigenvalue weighted by atomic mass is 10.3. The lowest BCUT2D eigenvalue weighted by Gasteiger charge is -2.05. The highest BCUT2D eigenvalue weighted by atomic mass is 32.2. The molecule has 0 radical (unpaired) electrons. The Bertz CT molecular complexity index is 1290. The average Bonchev–Trinajstić information content (AvgIpc) is 3.03. The first-order valence-electron chi connectivity index (χ1n) is 8.86. The first-order valence-corrected chi connectivity index (χ1v) is 10.9. The van der Waals surface area contributed by atoms with Gasteiger partial charge in [-0.05, 0) is 54.8 Å². The van der Waals surface area contributed by atoms with Gasteiger partial charge in [-0.1, -0.05) is 23.9 Å². The number of fused-ring (bicyclic) bond motifs is 1. The van der Waals surface area contributed by atoms with E-state index in [0.29, 0.717) is 21.3 Å². The fourth-order valence-corrected chi connectivity index (χ4v) is 4.02. The van der Waals surface area contributed by atoms with Gasteiger partial charge in [-0.3, -0.25) is 4.79 Å². The van der Waals surface area contributed by atoms with Crippen LogP contribution in [0.3, 0.4) is 0 Å². The van der Waals surface area contributed by atoms with Crippen LogP contribution in [0.2, 0.25) is 0 Å². The number of carbonyl (C=O) groups is 1. The number of hydrogen-bond acceptors (Lipinski definition) is 6. The number of nitrogens with zero attached hydrogens (tertiary/aromatic N) is 4. The number of thioether (sulfide) groups is 1. The number of hydrogen-bond donors (Lipinski definition) is 1. The van der Waals surface area contributed by atoms with Gasteiger partial charge in [0, 0.05) is 15.5 Å². The number of carbonyl (C=O) groups excluding carboxylic acids is 1. The summed E-state index contributed by atoms with van der Waals surface area (Å²) in [7, 11) is 0. The van der Waals surface area contributed by atoms with Crippen LogP contribution in [0.1, 0.15) is 0 Å². The monoisotopic (exact) mass is 441 g/mol. The van der Waals surface area contributed by atoms with Crippen LogP contribution in [-0.4, -0.2) is 31.6 Å². The van der Waals surface area contributed by atoms with E-state index in [9.17, 15) is 14.0 Å². The molecule has 0 fully saturated rings. The maximum atomic E-state index is 13.4. The summed E-state index contributed by atoms with van der Waals surface area (Å²) in [4.78, 5) is 26.7. The molecule has 0 saturated heterocycles. The number of halogens is 1. The Labute approximate surface area is 179 Å². The van der Waals surface area contributed by atoms with Gasteiger partial charge < -0.3 is 5.32 Å². The summed E-state index contributed by atoms with van der Waals surface area (Å²) >= 11 is 2.79. The van der Waals surface area contributed by atoms with Gasteiger partial charge in [0.15, 0.2) is 5.65 Å². The van der Waals surface area contributed by atoms with Crippen LogP contribution in [0, 0.1) is 5.82 Å². The van der Waals surface area contributed by atoms with Crippen molar-refractivity contribution >= 4 is 40.8 Å². The molecule has 1 N–H and O–H groups in total. The highest BCUT2D eigenvalue weighted by molar-refractivity contribution is 7.99. The third-order valence-electron chi connectivity index (χ3n) is 4.08. The number of aromatic nitrogens is 4. The Kier molecular flexibility index (Phi) is 5.86. The molecular weight excluding hydrogens is 425 g/mol. The molecule has 4 rings (SSSR count). The predicted molar refractivity (Wildman–Crippen MR) is 115 cm³/mol. The Hall–Kier alpha value is -3.11. The molecule has 0 spiro atoms. The van der Waals surface area contributed by atoms with Crippen LogP contribution in [0.4, 0.5) is 10.1 Å². The summed E-state index contributed by atoms with van der Waals surface area (Å²) in [5.74, 6) is -0.715. The zero-order valence-electron chi connectivity index (χ0n) is 15.8. The van der Waals surface area contributed by atoms with Crippen LogP contribution in [0.15, 0.2) is 80.3 Å². The second-order valence-electron chi connectivity index (χ2n) is 6.22. The van der Waals surface area contributed by atoms with Gasteiger partial charge in [-0.2, -0.15) is 9.61 Å². The van der Waals surface area contributed by atoms with Crippen molar-refractivity contribution in [3.63, 3.8) is 0 Å². The van der Waals surface area contributed by atoms with Crippen molar-refractivity contribution in [3.05, 3.63) is 77.0 Å². The molecule has 10 heteroatoms. The van der Waals surface area contributed by atoms with E-state index >= 15 is 0 Å². The number of amides is 1. The molecule has 0 aliphatic heterocycles. The van der Waals surface area contributed by atoms with Crippen molar-refractivity contribution < 1.29 is 9.18 Å². The quantitative estimate of drug-likeness (QED) is 0.461. The lowest BCUT2D eigenvalue weighted by molar-refractivity contribution is -0.117. The second kappa shape index (κ2) is 8.72. The van der Waals surface area contributed by atoms with Crippen molar-refractivity contribution in [2.75, 3.05) is 11.6 Å². The van der Waals surface area contributed by atoms with E-state index in [1.807, 2.05) is 24.5 Å². The SMILES string of the molecule is CSc1cccc(NC(=O)Cn2nc3ccc(Sc4cccc(F)c4)nn3c2=O)c1. The van der Waals surface area contributed by atoms with E-state index in [0.717, 1.165) is 14.1 Å². The van der Waals surface area contributed by atoms with Gasteiger partial charge >= 0.3 is 5.69 Å². The van der Waals surface area contributed by atoms with Crippen molar-refractivity contribution in [1.29, 1.82) is 0 Å². The van der Waals surface area contributed by atoms with Crippen molar-refractivity contribution in [2.24, 2.45) is 0 Å². The van der Waals surface area contributed by atoms with Gasteiger partial charge in [-0.25, -0.2) is 13.9 Å². The Morgan fingerprint density at radius 1 is 1.07 bits per heavy atom. The van der Waals surface area contributed by atoms with Crippen LogP contribution >= 0.6 is 23.5 Å². The standard InChI is InChI=1S/C20H16FN5O2S2/c1-29-15-6-3-5-14(11-15)22-18(27)12-25-20(28)26-17(23-25)8-9-19(24-26)30-16-7-2-4-13(21)10-16/h2-11H,12H2,1H3,(H,22,27). The van der Waals surface area contributed by atoms with E-state index in [1.165, 1.54) is 23.9 Å². The summed E-state index contributed by atoms with van der Waals surface area (Å²) in [6.45, 7) is -0.238. The highest BCUT2D eigenvalue weighted by Crippen LogP contribution is 2.26. The van der Waals surface area contributed by atoms with Gasteiger partial charge in [0.1, 0.15) is 17.4 Å². The summed E-state index contributed by atoms with van der Waals surface area (Å²) in [5.41, 5.74) is 0.441. The molecule has 0 aliphatic carbocycles. The number of nitrogens with one attached hydrogen (secondary N) is 1. The van der Waals surface area contributed by atoms with E-state index in [2.05, 4.69) is 15.5 Å². The van der Waals surface area contributed by atoms with Gasteiger partial charge in [-0.15, -0.1) is 16.9 Å². The van der Waals surface area contributed by atoms with Crippen LogP contribution in [0.5, 0.6) is 0 Å². The molecule has 0 unspecified atom stereocenters. The fourth-order valence-electron chi connectivity index (χ4n) is 2.74. The lowest BCUT2D eigenvalue weighted by Crippen LogP contribution is -2.28. The highest BCUT2D eigenvalue weighted by Gasteiger charge is 2.13. The van der Waals surface area contributed by atoms with E-state index in [-0.39, 0.29) is 18.3 Å². The second-order valence-corrected chi connectivity index (χ2v) is 8.19. The summed E-state index contributed by atoms with van der Waals surface area (Å²) in [6, 6.07) is 16.8. The van der Waals surface area contributed by atoms with Gasteiger partial charge in [0.05, 0.1) is 0 Å². The number of anilines is 1. The van der Waals surface area contributed by atoms with Gasteiger partial charge in [0.2, 0.25) is 5.91 Å². The summed E-state index contributed by atoms with van der Waals surface area (Å²) in [6.07, 6.45) is 1.95. The Morgan fingerprint density at radius 3 is 2.67 bits per heavy atom. The molecule has 1 amide bonds. The first-order chi connectivity index (χ1) is 14.5. The molecule has 30 heavy (non-hydrogen) atoms. The molecule has 4 aromatic rings. The maximum absolute atomic E-state index is 13.4. The predicted octanol–water partition coefficient (Wildman–Crippen LogP) is 3.54. The molecule has 0 saturated carbocycles. The minimum absolute atomic E-state index is 0.238. The number of rotatable bonds is 6. The number of benzene rings is 2. The van der Waals surface area contributed by atoms with Crippen molar-refractivity contribution in [3.8, 4) is 0 Å². The van der Waals surface area contributed by atoms with E-state index < -0.39 is 5.69 Å². The van der Waals surface area contributed by atoms with Crippen LogP contribution in [0.25, 0.3) is 5.65 Å². The van der Waals surface area contributed by atoms with E-state index in [4.69, 9.17) is 0 Å². The molecule has 0 aliphatic rings. The average molecular weight is 442 g/mol. The van der Waals surface area contributed by atoms with Gasteiger partial charge in [0.25, 0.3) is 0 Å². The zero-order valence-corrected chi connectivity index (χ0v) is 17.4. The normalized spacial score (nSPS) is 11.0. The molecule has 2 aromatic carbocycles. The van der Waals surface area contributed by atoms with Crippen LogP contribution < -0.4 is 11.0 Å². The molecule has 2 aromatic heterocycles. The van der Waals surface area contributed by atoms with Crippen molar-refractivity contribution in [2.45, 2.75) is 21.4 Å². The first kappa shape index (κ1) is 20.2. The topological polar surface area (TPSA) is 81.3 Å². The largest absolute Gasteiger partial charge is 0.367 e. The Morgan fingerprint density at radius 2 is 1.87 bits per heavy atom. The zero-order chi connectivity index (χ0) is 21.1. The third-order valence-corrected chi connectivity index (χ3v) is 5.72. The summed E-state index contributed by atoms with van der Waals surface area (Å²) in [5, 5.41) is 11.7. The van der Waals surface area contributed by atoms with Crippen LogP contribution in [-0.2, 0) is 11.3 Å². The molecule has 0 atom stereocenters. The third kappa shape index (κ3) is 4.55. The summed E-state index contributed by atoms with van der Waals surface area (Å²) < 4.78 is 15.6. The molecular formula is C20H16FN5O2S2. The smallest absolute Gasteiger partial charge is 0.324 e. The molecule has 0 bridgehead atoms. The van der Waals surface area contributed by atoms with E-state index in [1.54, 1.807) is 42.1 Å². The van der Waals surface area contributed by atoms with Crippen molar-refractivity contribution in [1.82, 2.24) is 19.4 Å². The molecule has 7 nitrogen and oxygen atoms in total. The minimum Gasteiger partial charge on any atom is -0.324 e. The Balaban J connectivity index is 1.52. The molecule has 152 valence electrons.